The molecule has 0 aromatic heterocycles. The van der Waals surface area contributed by atoms with Crippen LogP contribution >= 0.6 is 15.9 Å². The van der Waals surface area contributed by atoms with E-state index in [1.807, 2.05) is 0 Å². The first kappa shape index (κ1) is 5.09. The Kier molecular flexibility index (Phi) is 1.47. The van der Waals surface area contributed by atoms with E-state index in [1.54, 1.807) is 0 Å². The minimum atomic E-state index is -2.76. The number of methoxy groups -OCH3 is 1. The van der Waals surface area contributed by atoms with Crippen LogP contribution in [-0.4, -0.2) is 7.04 Å². The standard InChI is InChI=1S/C7H5BrF2O/c1-11-7-5(8)2-4(9)3-6(7)10/h2-3H,1H3/i1D3. The van der Waals surface area contributed by atoms with E-state index in [4.69, 9.17) is 4.11 Å². The molecule has 4 heteroatoms. The fourth-order valence-electron chi connectivity index (χ4n) is 0.626. The molecule has 0 unspecified atom stereocenters. The Labute approximate surface area is 75.3 Å². The average molecular weight is 226 g/mol. The van der Waals surface area contributed by atoms with E-state index in [-0.39, 0.29) is 4.47 Å². The Morgan fingerprint density at radius 3 is 2.82 bits per heavy atom. The van der Waals surface area contributed by atoms with Gasteiger partial charge in [0.1, 0.15) is 5.82 Å². The molecule has 11 heavy (non-hydrogen) atoms. The molecule has 0 saturated carbocycles. The molecule has 0 atom stereocenters. The van der Waals surface area contributed by atoms with Gasteiger partial charge in [0.25, 0.3) is 0 Å². The van der Waals surface area contributed by atoms with Crippen LogP contribution in [0.3, 0.4) is 0 Å². The van der Waals surface area contributed by atoms with Crippen LogP contribution in [0.25, 0.3) is 0 Å². The molecule has 1 aromatic carbocycles. The molecule has 0 N–H and O–H groups in total. The molecule has 0 radical (unpaired) electrons. The zero-order chi connectivity index (χ0) is 10.9. The molecule has 0 spiro atoms. The Morgan fingerprint density at radius 2 is 2.27 bits per heavy atom. The van der Waals surface area contributed by atoms with Gasteiger partial charge in [0.05, 0.1) is 15.6 Å². The van der Waals surface area contributed by atoms with E-state index in [0.29, 0.717) is 6.07 Å². The number of ether oxygens (including phenoxy) is 1. The Bertz CT molecular complexity index is 330. The zero-order valence-electron chi connectivity index (χ0n) is 8.20. The van der Waals surface area contributed by atoms with E-state index in [1.165, 1.54) is 0 Å². The molecule has 0 fully saturated rings. The molecule has 0 heterocycles. The summed E-state index contributed by atoms with van der Waals surface area (Å²) in [6.45, 7) is 0. The van der Waals surface area contributed by atoms with Gasteiger partial charge in [0, 0.05) is 6.07 Å². The SMILES string of the molecule is [2H]C([2H])([2H])Oc1c(F)cc(F)cc1Br. The Balaban J connectivity index is 3.09. The van der Waals surface area contributed by atoms with Crippen molar-refractivity contribution in [3.8, 4) is 5.75 Å². The topological polar surface area (TPSA) is 9.23 Å². The largest absolute Gasteiger partial charge is 0.492 e. The van der Waals surface area contributed by atoms with Crippen molar-refractivity contribution < 1.29 is 17.6 Å². The van der Waals surface area contributed by atoms with Crippen molar-refractivity contribution in [2.75, 3.05) is 7.04 Å². The molecule has 60 valence electrons. The maximum absolute atomic E-state index is 13.0. The molecular formula is C7H5BrF2O. The molecule has 0 aliphatic heterocycles. The second kappa shape index (κ2) is 3.17. The number of hydrogen-bond acceptors (Lipinski definition) is 1. The van der Waals surface area contributed by atoms with Gasteiger partial charge in [-0.2, -0.15) is 0 Å². The fraction of sp³-hybridized carbons (Fsp3) is 0.143. The summed E-state index contributed by atoms with van der Waals surface area (Å²) in [7, 11) is -2.76. The predicted molar refractivity (Wildman–Crippen MR) is 40.6 cm³/mol. The van der Waals surface area contributed by atoms with E-state index < -0.39 is 24.4 Å². The highest BCUT2D eigenvalue weighted by molar-refractivity contribution is 9.10. The lowest BCUT2D eigenvalue weighted by Gasteiger charge is -2.03. The van der Waals surface area contributed by atoms with Gasteiger partial charge in [-0.05, 0) is 22.0 Å². The summed E-state index contributed by atoms with van der Waals surface area (Å²) in [5, 5.41) is 0. The van der Waals surface area contributed by atoms with Gasteiger partial charge in [0.2, 0.25) is 0 Å². The normalized spacial score (nSPS) is 15.0. The summed E-state index contributed by atoms with van der Waals surface area (Å²) in [5.41, 5.74) is 0. The average Bonchev–Trinajstić information content (AvgIpc) is 1.95. The van der Waals surface area contributed by atoms with Crippen molar-refractivity contribution in [2.45, 2.75) is 0 Å². The summed E-state index contributed by atoms with van der Waals surface area (Å²) in [4.78, 5) is 0. The summed E-state index contributed by atoms with van der Waals surface area (Å²) in [6.07, 6.45) is 0. The first-order valence-corrected chi connectivity index (χ1v) is 3.42. The third-order valence-electron chi connectivity index (χ3n) is 1.07. The number of rotatable bonds is 1. The lowest BCUT2D eigenvalue weighted by atomic mass is 10.3. The predicted octanol–water partition coefficient (Wildman–Crippen LogP) is 2.74. The van der Waals surface area contributed by atoms with Gasteiger partial charge in [-0.25, -0.2) is 8.78 Å². The number of halogens is 3. The van der Waals surface area contributed by atoms with Gasteiger partial charge in [0.15, 0.2) is 11.6 Å². The zero-order valence-corrected chi connectivity index (χ0v) is 6.78. The number of benzene rings is 1. The molecule has 0 aliphatic rings. The van der Waals surface area contributed by atoms with Crippen molar-refractivity contribution in [1.82, 2.24) is 0 Å². The van der Waals surface area contributed by atoms with Crippen molar-refractivity contribution in [3.05, 3.63) is 28.2 Å². The summed E-state index contributed by atoms with van der Waals surface area (Å²) >= 11 is 2.80. The lowest BCUT2D eigenvalue weighted by molar-refractivity contribution is 0.381. The second-order valence-electron chi connectivity index (χ2n) is 1.80. The van der Waals surface area contributed by atoms with Crippen molar-refractivity contribution >= 4 is 15.9 Å². The Morgan fingerprint density at radius 1 is 1.55 bits per heavy atom. The maximum atomic E-state index is 13.0. The van der Waals surface area contributed by atoms with Gasteiger partial charge in [-0.1, -0.05) is 0 Å². The summed E-state index contributed by atoms with van der Waals surface area (Å²) < 4.78 is 50.1. The monoisotopic (exact) mass is 225 g/mol. The molecule has 1 nitrogen and oxygen atoms in total. The van der Waals surface area contributed by atoms with Crippen LogP contribution < -0.4 is 4.74 Å². The van der Waals surface area contributed by atoms with Crippen molar-refractivity contribution in [1.29, 1.82) is 0 Å². The fourth-order valence-corrected chi connectivity index (χ4v) is 1.12. The molecule has 1 aromatic rings. The number of hydrogen-bond donors (Lipinski definition) is 0. The highest BCUT2D eigenvalue weighted by Gasteiger charge is 2.08. The molecule has 0 saturated heterocycles. The molecule has 0 amide bonds. The molecular weight excluding hydrogens is 218 g/mol. The molecule has 1 rings (SSSR count). The molecule has 0 bridgehead atoms. The first-order valence-electron chi connectivity index (χ1n) is 4.13. The third kappa shape index (κ3) is 1.68. The molecule has 0 aliphatic carbocycles. The lowest BCUT2D eigenvalue weighted by Crippen LogP contribution is -1.90. The quantitative estimate of drug-likeness (QED) is 0.715. The van der Waals surface area contributed by atoms with E-state index in [9.17, 15) is 8.78 Å². The van der Waals surface area contributed by atoms with Crippen LogP contribution in [0.1, 0.15) is 4.11 Å². The third-order valence-corrected chi connectivity index (χ3v) is 1.65. The van der Waals surface area contributed by atoms with E-state index in [0.717, 1.165) is 6.07 Å². The van der Waals surface area contributed by atoms with Gasteiger partial charge >= 0.3 is 0 Å². The van der Waals surface area contributed by atoms with E-state index >= 15 is 0 Å². The van der Waals surface area contributed by atoms with E-state index in [2.05, 4.69) is 20.7 Å². The minimum Gasteiger partial charge on any atom is -0.492 e. The second-order valence-corrected chi connectivity index (χ2v) is 2.65. The van der Waals surface area contributed by atoms with Gasteiger partial charge in [-0.3, -0.25) is 0 Å². The smallest absolute Gasteiger partial charge is 0.169 e. The Hall–Kier alpha value is -0.640. The minimum absolute atomic E-state index is 0.0777. The summed E-state index contributed by atoms with van der Waals surface area (Å²) in [5.74, 6) is -2.40. The highest BCUT2D eigenvalue weighted by Crippen LogP contribution is 2.28. The highest BCUT2D eigenvalue weighted by atomic mass is 79.9. The van der Waals surface area contributed by atoms with Crippen LogP contribution in [0.15, 0.2) is 16.6 Å². The van der Waals surface area contributed by atoms with Crippen LogP contribution in [0.2, 0.25) is 0 Å². The van der Waals surface area contributed by atoms with Crippen LogP contribution in [0.5, 0.6) is 5.75 Å². The van der Waals surface area contributed by atoms with Crippen LogP contribution in [-0.2, 0) is 0 Å². The maximum Gasteiger partial charge on any atom is 0.169 e. The van der Waals surface area contributed by atoms with Crippen molar-refractivity contribution in [3.63, 3.8) is 0 Å². The van der Waals surface area contributed by atoms with Crippen molar-refractivity contribution in [2.24, 2.45) is 0 Å². The van der Waals surface area contributed by atoms with Gasteiger partial charge < -0.3 is 4.74 Å². The first-order chi connectivity index (χ1) is 6.29. The van der Waals surface area contributed by atoms with Gasteiger partial charge in [-0.15, -0.1) is 0 Å². The van der Waals surface area contributed by atoms with Crippen LogP contribution in [0.4, 0.5) is 8.78 Å². The summed E-state index contributed by atoms with van der Waals surface area (Å²) in [6, 6.07) is 1.47. The van der Waals surface area contributed by atoms with Crippen LogP contribution in [0, 0.1) is 11.6 Å².